The number of halogens is 1. The number of rotatable bonds is 8. The normalized spacial score (nSPS) is 12.2. The first-order valence-electron chi connectivity index (χ1n) is 10.3. The van der Waals surface area contributed by atoms with Crippen molar-refractivity contribution in [1.82, 2.24) is 19.9 Å². The Morgan fingerprint density at radius 1 is 1.00 bits per heavy atom. The molecule has 0 aliphatic carbocycles. The molecular formula is C23H22FN7O2S. The average molecular weight is 480 g/mol. The maximum atomic E-state index is 13.3. The number of hydrogen-bond acceptors (Lipinski definition) is 8. The zero-order valence-corrected chi connectivity index (χ0v) is 19.0. The highest BCUT2D eigenvalue weighted by molar-refractivity contribution is 7.89. The number of anilines is 3. The van der Waals surface area contributed by atoms with Gasteiger partial charge in [0.25, 0.3) is 0 Å². The quantitative estimate of drug-likeness (QED) is 0.349. The second-order valence-electron chi connectivity index (χ2n) is 7.57. The molecule has 2 aromatic heterocycles. The van der Waals surface area contributed by atoms with E-state index in [1.54, 1.807) is 48.9 Å². The summed E-state index contributed by atoms with van der Waals surface area (Å²) in [5.41, 5.74) is 2.39. The van der Waals surface area contributed by atoms with Crippen LogP contribution in [0, 0.1) is 5.82 Å². The summed E-state index contributed by atoms with van der Waals surface area (Å²) in [6, 6.07) is 14.1. The van der Waals surface area contributed by atoms with Crippen LogP contribution in [0.25, 0.3) is 0 Å². The fraction of sp³-hybridized carbons (Fsp3) is 0.130. The van der Waals surface area contributed by atoms with Crippen LogP contribution in [-0.4, -0.2) is 28.4 Å². The monoisotopic (exact) mass is 479 g/mol. The van der Waals surface area contributed by atoms with Gasteiger partial charge in [-0.3, -0.25) is 4.98 Å². The second kappa shape index (κ2) is 9.89. The summed E-state index contributed by atoms with van der Waals surface area (Å²) in [5, 5.41) is 11.5. The first kappa shape index (κ1) is 23.2. The summed E-state index contributed by atoms with van der Waals surface area (Å²) in [4.78, 5) is 17.4. The molecule has 0 amide bonds. The Kier molecular flexibility index (Phi) is 6.75. The Morgan fingerprint density at radius 2 is 1.74 bits per heavy atom. The number of nitrogens with one attached hydrogen (secondary N) is 2. The van der Waals surface area contributed by atoms with Crippen LogP contribution in [0.1, 0.15) is 29.8 Å². The van der Waals surface area contributed by atoms with Crippen LogP contribution >= 0.6 is 0 Å². The third-order valence-corrected chi connectivity index (χ3v) is 5.88. The minimum atomic E-state index is -3.77. The third kappa shape index (κ3) is 6.09. The zero-order valence-electron chi connectivity index (χ0n) is 18.2. The Labute approximate surface area is 196 Å². The number of nitrogens with zero attached hydrogens (tertiary/aromatic N) is 4. The molecule has 4 aromatic rings. The van der Waals surface area contributed by atoms with Crippen LogP contribution in [0.3, 0.4) is 0 Å². The molecule has 0 aliphatic heterocycles. The van der Waals surface area contributed by atoms with E-state index in [1.165, 1.54) is 24.3 Å². The number of hydrogen-bond donors (Lipinski definition) is 3. The number of primary sulfonamides is 1. The molecule has 0 fully saturated rings. The van der Waals surface area contributed by atoms with E-state index in [0.29, 0.717) is 29.7 Å². The zero-order chi connectivity index (χ0) is 24.1. The number of nitrogens with two attached hydrogens (primary N) is 1. The number of benzene rings is 2. The molecule has 174 valence electrons. The molecule has 34 heavy (non-hydrogen) atoms. The van der Waals surface area contributed by atoms with Gasteiger partial charge in [-0.2, -0.15) is 4.98 Å². The summed E-state index contributed by atoms with van der Waals surface area (Å²) in [7, 11) is -3.77. The molecule has 2 aromatic carbocycles. The average Bonchev–Trinajstić information content (AvgIpc) is 2.80. The van der Waals surface area contributed by atoms with E-state index in [4.69, 9.17) is 5.14 Å². The van der Waals surface area contributed by atoms with Crippen LogP contribution in [0.5, 0.6) is 0 Å². The molecule has 2 heterocycles. The maximum Gasteiger partial charge on any atom is 0.238 e. The third-order valence-electron chi connectivity index (χ3n) is 4.95. The van der Waals surface area contributed by atoms with Gasteiger partial charge in [0.2, 0.25) is 16.0 Å². The lowest BCUT2D eigenvalue weighted by atomic mass is 10.1. The van der Waals surface area contributed by atoms with E-state index >= 15 is 0 Å². The lowest BCUT2D eigenvalue weighted by molar-refractivity contribution is 0.597. The minimum Gasteiger partial charge on any atom is -0.348 e. The second-order valence-corrected chi connectivity index (χ2v) is 9.13. The van der Waals surface area contributed by atoms with Crippen LogP contribution in [0.4, 0.5) is 22.0 Å². The highest BCUT2D eigenvalue weighted by atomic mass is 32.2. The standard InChI is InChI=1S/C23H22FN7O2S/c1-15(17-4-6-18(24)7-5-17)28-23-29-19(12-16-2-8-20(9-3-16)34(25,32)33)13-21(31-23)30-22-14-26-10-11-27-22/h2-11,13-15H,12H2,1H3,(H2,25,32,33)(H2,27,28,29,30,31). The summed E-state index contributed by atoms with van der Waals surface area (Å²) in [5.74, 6) is 1.07. The molecule has 1 unspecified atom stereocenters. The van der Waals surface area contributed by atoms with Crippen molar-refractivity contribution in [2.45, 2.75) is 24.3 Å². The van der Waals surface area contributed by atoms with Crippen molar-refractivity contribution in [1.29, 1.82) is 0 Å². The Hall–Kier alpha value is -3.96. The molecular weight excluding hydrogens is 457 g/mol. The van der Waals surface area contributed by atoms with Gasteiger partial charge in [-0.1, -0.05) is 24.3 Å². The molecule has 0 saturated heterocycles. The maximum absolute atomic E-state index is 13.3. The Balaban J connectivity index is 1.61. The number of aromatic nitrogens is 4. The van der Waals surface area contributed by atoms with Gasteiger partial charge in [0.1, 0.15) is 17.5 Å². The van der Waals surface area contributed by atoms with Crippen molar-refractivity contribution in [3.63, 3.8) is 0 Å². The van der Waals surface area contributed by atoms with Gasteiger partial charge < -0.3 is 10.6 Å². The van der Waals surface area contributed by atoms with Gasteiger partial charge in [-0.25, -0.2) is 27.9 Å². The minimum absolute atomic E-state index is 0.0411. The van der Waals surface area contributed by atoms with E-state index in [0.717, 1.165) is 11.1 Å². The van der Waals surface area contributed by atoms with E-state index in [1.807, 2.05) is 6.92 Å². The van der Waals surface area contributed by atoms with Gasteiger partial charge in [0.05, 0.1) is 22.8 Å². The molecule has 0 aliphatic rings. The lowest BCUT2D eigenvalue weighted by Gasteiger charge is -2.16. The highest BCUT2D eigenvalue weighted by Crippen LogP contribution is 2.22. The Bertz CT molecular complexity index is 1370. The Morgan fingerprint density at radius 3 is 2.38 bits per heavy atom. The van der Waals surface area contributed by atoms with Gasteiger partial charge in [-0.15, -0.1) is 0 Å². The molecule has 1 atom stereocenters. The van der Waals surface area contributed by atoms with Crippen LogP contribution in [0.15, 0.2) is 78.1 Å². The molecule has 4 rings (SSSR count). The molecule has 0 bridgehead atoms. The van der Waals surface area contributed by atoms with Crippen LogP contribution < -0.4 is 15.8 Å². The molecule has 0 radical (unpaired) electrons. The van der Waals surface area contributed by atoms with Gasteiger partial charge >= 0.3 is 0 Å². The van der Waals surface area contributed by atoms with Crippen molar-refractivity contribution in [2.24, 2.45) is 5.14 Å². The molecule has 11 heteroatoms. The smallest absolute Gasteiger partial charge is 0.238 e. The largest absolute Gasteiger partial charge is 0.348 e. The van der Waals surface area contributed by atoms with E-state index < -0.39 is 10.0 Å². The van der Waals surface area contributed by atoms with E-state index in [2.05, 4.69) is 30.6 Å². The van der Waals surface area contributed by atoms with Crippen LogP contribution in [0.2, 0.25) is 0 Å². The molecule has 0 spiro atoms. The summed E-state index contributed by atoms with van der Waals surface area (Å²) >= 11 is 0. The van der Waals surface area contributed by atoms with E-state index in [-0.39, 0.29) is 16.8 Å². The fourth-order valence-electron chi connectivity index (χ4n) is 3.25. The van der Waals surface area contributed by atoms with Gasteiger partial charge in [0.15, 0.2) is 0 Å². The van der Waals surface area contributed by atoms with Crippen molar-refractivity contribution < 1.29 is 12.8 Å². The first-order chi connectivity index (χ1) is 16.3. The fourth-order valence-corrected chi connectivity index (χ4v) is 3.76. The van der Waals surface area contributed by atoms with Crippen molar-refractivity contribution in [3.05, 3.63) is 95.8 Å². The SMILES string of the molecule is CC(Nc1nc(Cc2ccc(S(N)(=O)=O)cc2)cc(Nc2cnccn2)n1)c1ccc(F)cc1. The highest BCUT2D eigenvalue weighted by Gasteiger charge is 2.12. The molecule has 0 saturated carbocycles. The van der Waals surface area contributed by atoms with Gasteiger partial charge in [0, 0.05) is 24.9 Å². The van der Waals surface area contributed by atoms with E-state index in [9.17, 15) is 12.8 Å². The van der Waals surface area contributed by atoms with Crippen molar-refractivity contribution in [3.8, 4) is 0 Å². The topological polar surface area (TPSA) is 136 Å². The summed E-state index contributed by atoms with van der Waals surface area (Å²) < 4.78 is 36.3. The number of sulfonamides is 1. The first-order valence-corrected chi connectivity index (χ1v) is 11.9. The predicted molar refractivity (Wildman–Crippen MR) is 126 cm³/mol. The summed E-state index contributed by atoms with van der Waals surface area (Å²) in [6.07, 6.45) is 5.12. The molecule has 4 N–H and O–H groups in total. The lowest BCUT2D eigenvalue weighted by Crippen LogP contribution is -2.12. The molecule has 9 nitrogen and oxygen atoms in total. The van der Waals surface area contributed by atoms with Crippen molar-refractivity contribution >= 4 is 27.6 Å². The summed E-state index contributed by atoms with van der Waals surface area (Å²) in [6.45, 7) is 1.92. The van der Waals surface area contributed by atoms with Crippen molar-refractivity contribution in [2.75, 3.05) is 10.6 Å². The predicted octanol–water partition coefficient (Wildman–Crippen LogP) is 3.56. The van der Waals surface area contributed by atoms with Crippen LogP contribution in [-0.2, 0) is 16.4 Å². The van der Waals surface area contributed by atoms with Gasteiger partial charge in [-0.05, 0) is 42.3 Å².